The average Bonchev–Trinajstić information content (AvgIpc) is 2.35. The molecule has 1 heterocycles. The normalized spacial score (nSPS) is 24.1. The highest BCUT2D eigenvalue weighted by Gasteiger charge is 2.28. The molecular formula is C14H18FNO2. The lowest BCUT2D eigenvalue weighted by molar-refractivity contribution is -0.0387. The lowest BCUT2D eigenvalue weighted by atomic mass is 10.1. The molecule has 1 aromatic rings. The van der Waals surface area contributed by atoms with Crippen molar-refractivity contribution in [2.75, 3.05) is 13.2 Å². The van der Waals surface area contributed by atoms with Gasteiger partial charge in [0.05, 0.1) is 18.8 Å². The van der Waals surface area contributed by atoms with Crippen LogP contribution in [-0.4, -0.2) is 36.1 Å². The third kappa shape index (κ3) is 2.53. The number of halogens is 1. The first kappa shape index (κ1) is 13.0. The molecule has 0 aromatic heterocycles. The van der Waals surface area contributed by atoms with E-state index in [1.54, 1.807) is 17.9 Å². The van der Waals surface area contributed by atoms with Crippen molar-refractivity contribution in [3.8, 4) is 0 Å². The van der Waals surface area contributed by atoms with Crippen LogP contribution in [-0.2, 0) is 4.74 Å². The molecule has 1 saturated heterocycles. The molecule has 0 N–H and O–H groups in total. The van der Waals surface area contributed by atoms with Crippen LogP contribution in [0.1, 0.15) is 29.8 Å². The highest BCUT2D eigenvalue weighted by molar-refractivity contribution is 5.94. The van der Waals surface area contributed by atoms with Gasteiger partial charge < -0.3 is 9.64 Å². The van der Waals surface area contributed by atoms with E-state index in [0.717, 1.165) is 0 Å². The number of hydrogen-bond acceptors (Lipinski definition) is 2. The first-order valence-corrected chi connectivity index (χ1v) is 6.17. The molecule has 98 valence electrons. The van der Waals surface area contributed by atoms with Gasteiger partial charge in [0.2, 0.25) is 0 Å². The van der Waals surface area contributed by atoms with E-state index in [1.807, 2.05) is 13.8 Å². The SMILES string of the molecule is Cc1cc(C(=O)N2CC(C)OCC2C)ccc1F. The maximum atomic E-state index is 13.2. The van der Waals surface area contributed by atoms with Gasteiger partial charge in [0.25, 0.3) is 5.91 Å². The summed E-state index contributed by atoms with van der Waals surface area (Å²) in [5, 5.41) is 0. The standard InChI is InChI=1S/C14H18FNO2/c1-9-6-12(4-5-13(9)15)14(17)16-7-11(3)18-8-10(16)2/h4-6,10-11H,7-8H2,1-3H3. The summed E-state index contributed by atoms with van der Waals surface area (Å²) in [6, 6.07) is 4.54. The molecule has 0 radical (unpaired) electrons. The van der Waals surface area contributed by atoms with Crippen molar-refractivity contribution in [3.63, 3.8) is 0 Å². The lowest BCUT2D eigenvalue weighted by Crippen LogP contribution is -2.50. The number of amides is 1. The summed E-state index contributed by atoms with van der Waals surface area (Å²) in [6.07, 6.45) is 0.0479. The van der Waals surface area contributed by atoms with Crippen molar-refractivity contribution in [3.05, 3.63) is 35.1 Å². The summed E-state index contributed by atoms with van der Waals surface area (Å²) in [5.74, 6) is -0.337. The first-order valence-electron chi connectivity index (χ1n) is 6.17. The molecule has 0 bridgehead atoms. The van der Waals surface area contributed by atoms with Gasteiger partial charge in [-0.05, 0) is 44.5 Å². The van der Waals surface area contributed by atoms with E-state index >= 15 is 0 Å². The van der Waals surface area contributed by atoms with Crippen molar-refractivity contribution in [1.29, 1.82) is 0 Å². The number of hydrogen-bond donors (Lipinski definition) is 0. The van der Waals surface area contributed by atoms with E-state index in [4.69, 9.17) is 4.74 Å². The molecule has 3 nitrogen and oxygen atoms in total. The number of carbonyl (C=O) groups excluding carboxylic acids is 1. The first-order chi connectivity index (χ1) is 8.49. The van der Waals surface area contributed by atoms with Crippen LogP contribution in [0.4, 0.5) is 4.39 Å². The van der Waals surface area contributed by atoms with E-state index in [2.05, 4.69) is 0 Å². The summed E-state index contributed by atoms with van der Waals surface area (Å²) in [5.41, 5.74) is 1.03. The van der Waals surface area contributed by atoms with Crippen molar-refractivity contribution in [2.45, 2.75) is 32.9 Å². The Morgan fingerprint density at radius 2 is 2.17 bits per heavy atom. The van der Waals surface area contributed by atoms with Crippen LogP contribution in [0.15, 0.2) is 18.2 Å². The minimum absolute atomic E-state index is 0.0479. The summed E-state index contributed by atoms with van der Waals surface area (Å²) in [4.78, 5) is 14.2. The molecule has 1 aliphatic heterocycles. The molecule has 1 aromatic carbocycles. The Morgan fingerprint density at radius 1 is 1.44 bits per heavy atom. The van der Waals surface area contributed by atoms with Gasteiger partial charge in [0, 0.05) is 12.1 Å². The number of carbonyl (C=O) groups is 1. The maximum Gasteiger partial charge on any atom is 0.254 e. The number of benzene rings is 1. The Bertz CT molecular complexity index is 461. The monoisotopic (exact) mass is 251 g/mol. The molecule has 2 rings (SSSR count). The van der Waals surface area contributed by atoms with E-state index < -0.39 is 0 Å². The van der Waals surface area contributed by atoms with Crippen LogP contribution in [0, 0.1) is 12.7 Å². The van der Waals surface area contributed by atoms with Crippen LogP contribution in [0.2, 0.25) is 0 Å². The molecule has 1 fully saturated rings. The highest BCUT2D eigenvalue weighted by atomic mass is 19.1. The molecule has 1 amide bonds. The summed E-state index contributed by atoms with van der Waals surface area (Å²) in [6.45, 7) is 6.70. The zero-order valence-electron chi connectivity index (χ0n) is 10.9. The fourth-order valence-corrected chi connectivity index (χ4v) is 2.13. The van der Waals surface area contributed by atoms with Gasteiger partial charge >= 0.3 is 0 Å². The van der Waals surface area contributed by atoms with Gasteiger partial charge in [-0.25, -0.2) is 4.39 Å². The molecule has 1 aliphatic rings. The van der Waals surface area contributed by atoms with Crippen LogP contribution in [0.25, 0.3) is 0 Å². The predicted octanol–water partition coefficient (Wildman–Crippen LogP) is 2.38. The third-order valence-electron chi connectivity index (χ3n) is 3.27. The Balaban J connectivity index is 2.21. The topological polar surface area (TPSA) is 29.5 Å². The fourth-order valence-electron chi connectivity index (χ4n) is 2.13. The van der Waals surface area contributed by atoms with Crippen molar-refractivity contribution >= 4 is 5.91 Å². The Hall–Kier alpha value is -1.42. The molecule has 0 spiro atoms. The summed E-state index contributed by atoms with van der Waals surface area (Å²) in [7, 11) is 0. The van der Waals surface area contributed by atoms with E-state index in [-0.39, 0.29) is 23.9 Å². The van der Waals surface area contributed by atoms with Gasteiger partial charge in [-0.1, -0.05) is 0 Å². The van der Waals surface area contributed by atoms with Crippen molar-refractivity contribution < 1.29 is 13.9 Å². The molecule has 0 aliphatic carbocycles. The average molecular weight is 251 g/mol. The zero-order valence-corrected chi connectivity index (χ0v) is 10.9. The molecule has 0 saturated carbocycles. The van der Waals surface area contributed by atoms with Crippen molar-refractivity contribution in [2.24, 2.45) is 0 Å². The number of ether oxygens (including phenoxy) is 1. The molecule has 18 heavy (non-hydrogen) atoms. The maximum absolute atomic E-state index is 13.2. The molecule has 2 unspecified atom stereocenters. The summed E-state index contributed by atoms with van der Waals surface area (Å²) < 4.78 is 18.7. The number of rotatable bonds is 1. The zero-order chi connectivity index (χ0) is 13.3. The van der Waals surface area contributed by atoms with Crippen LogP contribution in [0.5, 0.6) is 0 Å². The Kier molecular flexibility index (Phi) is 3.66. The second kappa shape index (κ2) is 5.06. The second-order valence-electron chi connectivity index (χ2n) is 4.91. The smallest absolute Gasteiger partial charge is 0.254 e. The Labute approximate surface area is 107 Å². The van der Waals surface area contributed by atoms with Crippen molar-refractivity contribution in [1.82, 2.24) is 4.90 Å². The van der Waals surface area contributed by atoms with Gasteiger partial charge in [-0.15, -0.1) is 0 Å². The molecule has 2 atom stereocenters. The van der Waals surface area contributed by atoms with E-state index in [9.17, 15) is 9.18 Å². The largest absolute Gasteiger partial charge is 0.375 e. The van der Waals surface area contributed by atoms with Gasteiger partial charge in [0.15, 0.2) is 0 Å². The predicted molar refractivity (Wildman–Crippen MR) is 67.0 cm³/mol. The van der Waals surface area contributed by atoms with E-state index in [0.29, 0.717) is 24.3 Å². The lowest BCUT2D eigenvalue weighted by Gasteiger charge is -2.36. The van der Waals surface area contributed by atoms with Gasteiger partial charge in [-0.3, -0.25) is 4.79 Å². The van der Waals surface area contributed by atoms with Crippen LogP contribution < -0.4 is 0 Å². The van der Waals surface area contributed by atoms with E-state index in [1.165, 1.54) is 12.1 Å². The molecular weight excluding hydrogens is 233 g/mol. The summed E-state index contributed by atoms with van der Waals surface area (Å²) >= 11 is 0. The second-order valence-corrected chi connectivity index (χ2v) is 4.91. The minimum atomic E-state index is -0.282. The van der Waals surface area contributed by atoms with Crippen LogP contribution >= 0.6 is 0 Å². The highest BCUT2D eigenvalue weighted by Crippen LogP contribution is 2.17. The number of nitrogens with zero attached hydrogens (tertiary/aromatic N) is 1. The third-order valence-corrected chi connectivity index (χ3v) is 3.27. The molecule has 4 heteroatoms. The fraction of sp³-hybridized carbons (Fsp3) is 0.500. The Morgan fingerprint density at radius 3 is 2.83 bits per heavy atom. The quantitative estimate of drug-likeness (QED) is 0.767. The van der Waals surface area contributed by atoms with Gasteiger partial charge in [0.1, 0.15) is 5.82 Å². The minimum Gasteiger partial charge on any atom is -0.375 e. The number of aryl methyl sites for hydroxylation is 1. The number of morpholine rings is 1. The van der Waals surface area contributed by atoms with Gasteiger partial charge in [-0.2, -0.15) is 0 Å². The van der Waals surface area contributed by atoms with Crippen LogP contribution in [0.3, 0.4) is 0 Å².